The van der Waals surface area contributed by atoms with Crippen LogP contribution in [0, 0.1) is 0 Å². The molecule has 2 fully saturated rings. The fourth-order valence-electron chi connectivity index (χ4n) is 4.69. The number of carbonyl (C=O) groups excluding carboxylic acids is 1. The number of anilines is 2. The summed E-state index contributed by atoms with van der Waals surface area (Å²) in [6, 6.07) is 7.18. The average molecular weight is 557 g/mol. The number of carbonyl (C=O) groups is 1. The Balaban J connectivity index is 1.37. The van der Waals surface area contributed by atoms with Crippen molar-refractivity contribution in [2.75, 3.05) is 65.0 Å². The number of ether oxygens (including phenoxy) is 4. The molecule has 4 heterocycles. The summed E-state index contributed by atoms with van der Waals surface area (Å²) in [5.74, 6) is 2.76. The van der Waals surface area contributed by atoms with E-state index < -0.39 is 0 Å². The van der Waals surface area contributed by atoms with Gasteiger partial charge in [0, 0.05) is 70.7 Å². The van der Waals surface area contributed by atoms with Crippen molar-refractivity contribution >= 4 is 40.0 Å². The Morgan fingerprint density at radius 3 is 2.67 bits per heavy atom. The van der Waals surface area contributed by atoms with Crippen molar-refractivity contribution in [2.45, 2.75) is 25.9 Å². The van der Waals surface area contributed by atoms with Crippen LogP contribution in [0.2, 0.25) is 5.02 Å². The van der Waals surface area contributed by atoms with Crippen molar-refractivity contribution < 1.29 is 23.7 Å². The van der Waals surface area contributed by atoms with Crippen molar-refractivity contribution in [3.05, 3.63) is 35.6 Å². The first-order valence-electron chi connectivity index (χ1n) is 13.1. The molecule has 2 aliphatic rings. The lowest BCUT2D eigenvalue weighted by Crippen LogP contribution is -2.48. The lowest BCUT2D eigenvalue weighted by molar-refractivity contribution is -0.130. The highest BCUT2D eigenvalue weighted by atomic mass is 35.5. The van der Waals surface area contributed by atoms with Crippen LogP contribution >= 0.6 is 11.6 Å². The number of halogens is 1. The molecule has 0 radical (unpaired) electrons. The maximum absolute atomic E-state index is 11.6. The third-order valence-electron chi connectivity index (χ3n) is 6.90. The number of pyridine rings is 1. The number of nitrogens with zero attached hydrogens (tertiary/aromatic N) is 5. The number of hydrogen-bond acceptors (Lipinski definition) is 10. The van der Waals surface area contributed by atoms with E-state index in [1.165, 1.54) is 6.33 Å². The Morgan fingerprint density at radius 2 is 1.92 bits per heavy atom. The van der Waals surface area contributed by atoms with Crippen molar-refractivity contribution in [1.82, 2.24) is 24.8 Å². The maximum atomic E-state index is 11.6. The van der Waals surface area contributed by atoms with Gasteiger partial charge in [0.05, 0.1) is 36.2 Å². The summed E-state index contributed by atoms with van der Waals surface area (Å²) < 4.78 is 23.4. The molecule has 3 aromatic rings. The number of nitrogens with one attached hydrogen (secondary N) is 1. The first-order chi connectivity index (χ1) is 19.0. The van der Waals surface area contributed by atoms with Crippen LogP contribution in [0.3, 0.4) is 0 Å². The van der Waals surface area contributed by atoms with E-state index in [1.807, 2.05) is 17.0 Å². The van der Waals surface area contributed by atoms with E-state index in [0.717, 1.165) is 45.6 Å². The first-order valence-corrected chi connectivity index (χ1v) is 13.5. The van der Waals surface area contributed by atoms with Gasteiger partial charge in [0.1, 0.15) is 36.4 Å². The average Bonchev–Trinajstić information content (AvgIpc) is 2.95. The van der Waals surface area contributed by atoms with E-state index in [9.17, 15) is 4.79 Å². The Morgan fingerprint density at radius 1 is 1.13 bits per heavy atom. The molecule has 12 heteroatoms. The summed E-state index contributed by atoms with van der Waals surface area (Å²) in [7, 11) is 1.55. The van der Waals surface area contributed by atoms with Crippen LogP contribution in [0.4, 0.5) is 11.6 Å². The number of hydrogen-bond donors (Lipinski definition) is 1. The summed E-state index contributed by atoms with van der Waals surface area (Å²) >= 11 is 6.41. The minimum absolute atomic E-state index is 0.00126. The summed E-state index contributed by atoms with van der Waals surface area (Å²) in [5.41, 5.74) is 0.668. The molecule has 39 heavy (non-hydrogen) atoms. The molecule has 0 aliphatic carbocycles. The van der Waals surface area contributed by atoms with Gasteiger partial charge >= 0.3 is 0 Å². The van der Waals surface area contributed by atoms with Crippen molar-refractivity contribution in [3.63, 3.8) is 0 Å². The first kappa shape index (κ1) is 27.2. The molecule has 2 saturated heterocycles. The quantitative estimate of drug-likeness (QED) is 0.420. The SMILES string of the molecule is COc1ccc(Cl)c(Nc2ncnc3cc(OCCN4CCN(C(C)=O)CC4)cc(OC4CCOCC4)c23)n1. The standard InChI is InChI=1S/C27H33ClN6O5/c1-18(35)34-9-7-33(8-10-34)11-14-38-20-15-22-25(23(16-20)39-19-5-12-37-13-6-19)27(30-17-29-22)32-26-21(28)3-4-24(31-26)36-2/h3-4,15-17,19H,5-14H2,1-2H3,(H,29,30,31,32). The predicted molar refractivity (Wildman–Crippen MR) is 147 cm³/mol. The van der Waals surface area contributed by atoms with E-state index in [4.69, 9.17) is 30.5 Å². The van der Waals surface area contributed by atoms with Gasteiger partial charge in [-0.2, -0.15) is 4.98 Å². The second kappa shape index (κ2) is 12.6. The Hall–Kier alpha value is -3.41. The van der Waals surface area contributed by atoms with Crippen LogP contribution in [0.5, 0.6) is 17.4 Å². The highest BCUT2D eigenvalue weighted by Gasteiger charge is 2.21. The third kappa shape index (κ3) is 6.78. The highest BCUT2D eigenvalue weighted by molar-refractivity contribution is 6.33. The fraction of sp³-hybridized carbons (Fsp3) is 0.481. The van der Waals surface area contributed by atoms with Crippen LogP contribution in [0.1, 0.15) is 19.8 Å². The van der Waals surface area contributed by atoms with Gasteiger partial charge in [0.2, 0.25) is 11.8 Å². The largest absolute Gasteiger partial charge is 0.492 e. The van der Waals surface area contributed by atoms with Crippen LogP contribution in [-0.2, 0) is 9.53 Å². The van der Waals surface area contributed by atoms with Crippen LogP contribution in [-0.4, -0.2) is 96.4 Å². The zero-order chi connectivity index (χ0) is 27.2. The predicted octanol–water partition coefficient (Wildman–Crippen LogP) is 3.53. The molecule has 2 aliphatic heterocycles. The molecular weight excluding hydrogens is 524 g/mol. The van der Waals surface area contributed by atoms with E-state index in [-0.39, 0.29) is 12.0 Å². The second-order valence-electron chi connectivity index (χ2n) is 9.47. The number of piperazine rings is 1. The van der Waals surface area contributed by atoms with E-state index in [1.54, 1.807) is 26.2 Å². The van der Waals surface area contributed by atoms with Crippen LogP contribution < -0.4 is 19.5 Å². The van der Waals surface area contributed by atoms with Crippen LogP contribution in [0.15, 0.2) is 30.6 Å². The number of aromatic nitrogens is 3. The molecule has 0 saturated carbocycles. The minimum Gasteiger partial charge on any atom is -0.492 e. The molecule has 0 atom stereocenters. The van der Waals surface area contributed by atoms with E-state index in [0.29, 0.717) is 64.8 Å². The molecular formula is C27H33ClN6O5. The lowest BCUT2D eigenvalue weighted by Gasteiger charge is -2.34. The van der Waals surface area contributed by atoms with Crippen LogP contribution in [0.25, 0.3) is 10.9 Å². The maximum Gasteiger partial charge on any atom is 0.219 e. The fourth-order valence-corrected chi connectivity index (χ4v) is 4.84. The van der Waals surface area contributed by atoms with Gasteiger partial charge in [-0.25, -0.2) is 9.97 Å². The Labute approximate surface area is 232 Å². The van der Waals surface area contributed by atoms with Gasteiger partial charge in [-0.15, -0.1) is 0 Å². The van der Waals surface area contributed by atoms with Gasteiger partial charge in [-0.1, -0.05) is 11.6 Å². The molecule has 1 aromatic carbocycles. The summed E-state index contributed by atoms with van der Waals surface area (Å²) in [5, 5.41) is 4.37. The van der Waals surface area contributed by atoms with Crippen molar-refractivity contribution in [2.24, 2.45) is 0 Å². The second-order valence-corrected chi connectivity index (χ2v) is 9.88. The van der Waals surface area contributed by atoms with Gasteiger partial charge in [-0.3, -0.25) is 9.69 Å². The smallest absolute Gasteiger partial charge is 0.219 e. The van der Waals surface area contributed by atoms with Gasteiger partial charge in [-0.05, 0) is 6.07 Å². The topological polar surface area (TPSA) is 111 Å². The molecule has 208 valence electrons. The van der Waals surface area contributed by atoms with Gasteiger partial charge < -0.3 is 29.2 Å². The molecule has 1 N–H and O–H groups in total. The number of amides is 1. The highest BCUT2D eigenvalue weighted by Crippen LogP contribution is 2.37. The van der Waals surface area contributed by atoms with Crippen molar-refractivity contribution in [1.29, 1.82) is 0 Å². The molecule has 1 amide bonds. The monoisotopic (exact) mass is 556 g/mol. The third-order valence-corrected chi connectivity index (χ3v) is 7.20. The number of methoxy groups -OCH3 is 1. The summed E-state index contributed by atoms with van der Waals surface area (Å²) in [6.07, 6.45) is 3.06. The molecule has 5 rings (SSSR count). The molecule has 0 unspecified atom stereocenters. The molecule has 0 bridgehead atoms. The van der Waals surface area contributed by atoms with Gasteiger partial charge in [0.25, 0.3) is 0 Å². The van der Waals surface area contributed by atoms with E-state index >= 15 is 0 Å². The molecule has 0 spiro atoms. The Bertz CT molecular complexity index is 1300. The molecule has 2 aromatic heterocycles. The number of rotatable bonds is 9. The zero-order valence-electron chi connectivity index (χ0n) is 22.2. The normalized spacial score (nSPS) is 16.7. The molecule has 11 nitrogen and oxygen atoms in total. The van der Waals surface area contributed by atoms with Gasteiger partial charge in [0.15, 0.2) is 5.82 Å². The Kier molecular flexibility index (Phi) is 8.80. The summed E-state index contributed by atoms with van der Waals surface area (Å²) in [6.45, 7) is 7.34. The zero-order valence-corrected chi connectivity index (χ0v) is 22.9. The number of fused-ring (bicyclic) bond motifs is 1. The van der Waals surface area contributed by atoms with E-state index in [2.05, 4.69) is 25.2 Å². The summed E-state index contributed by atoms with van der Waals surface area (Å²) in [4.78, 5) is 29.2. The minimum atomic E-state index is 0.00126. The van der Waals surface area contributed by atoms with Crippen molar-refractivity contribution in [3.8, 4) is 17.4 Å². The number of benzene rings is 1. The lowest BCUT2D eigenvalue weighted by atomic mass is 10.1.